The molecule has 0 saturated heterocycles. The first-order valence-corrected chi connectivity index (χ1v) is 8.85. The molecule has 2 N–H and O–H groups in total. The third kappa shape index (κ3) is 4.98. The second kappa shape index (κ2) is 8.56. The number of hydrogen-bond acceptors (Lipinski definition) is 7. The van der Waals surface area contributed by atoms with Crippen LogP contribution in [0.1, 0.15) is 38.8 Å². The van der Waals surface area contributed by atoms with Gasteiger partial charge in [-0.05, 0) is 38.8 Å². The minimum Gasteiger partial charge on any atom is -0.534 e. The van der Waals surface area contributed by atoms with Crippen molar-refractivity contribution < 1.29 is 33.5 Å². The van der Waals surface area contributed by atoms with Gasteiger partial charge in [0.2, 0.25) is 12.7 Å². The van der Waals surface area contributed by atoms with Crippen LogP contribution < -0.4 is 14.7 Å². The predicted octanol–water partition coefficient (Wildman–Crippen LogP) is 1.69. The van der Waals surface area contributed by atoms with Crippen molar-refractivity contribution in [3.8, 4) is 11.5 Å². The maximum Gasteiger partial charge on any atom is 0.547 e. The maximum absolute atomic E-state index is 11.9. The van der Waals surface area contributed by atoms with Crippen molar-refractivity contribution in [1.82, 2.24) is 5.32 Å². The summed E-state index contributed by atoms with van der Waals surface area (Å²) in [7, 11) is 0.242. The average molecular weight is 391 g/mol. The fourth-order valence-corrected chi connectivity index (χ4v) is 2.70. The van der Waals surface area contributed by atoms with Crippen LogP contribution in [0.25, 0.3) is 5.76 Å². The van der Waals surface area contributed by atoms with E-state index in [1.165, 1.54) is 14.0 Å². The van der Waals surface area contributed by atoms with E-state index < -0.39 is 24.4 Å². The Morgan fingerprint density at radius 3 is 2.61 bits per heavy atom. The van der Waals surface area contributed by atoms with Crippen molar-refractivity contribution in [3.05, 3.63) is 29.8 Å². The Balaban J connectivity index is 2.21. The van der Waals surface area contributed by atoms with Crippen LogP contribution in [0.4, 0.5) is 0 Å². The molecule has 1 amide bonds. The van der Waals surface area contributed by atoms with Gasteiger partial charge in [-0.15, -0.1) is 0 Å². The summed E-state index contributed by atoms with van der Waals surface area (Å²) in [5.74, 6) is -0.309. The van der Waals surface area contributed by atoms with Gasteiger partial charge in [0, 0.05) is 6.92 Å². The number of benzene rings is 1. The zero-order valence-corrected chi connectivity index (χ0v) is 16.8. The Morgan fingerprint density at radius 2 is 2.04 bits per heavy atom. The molecular formula is C19H26BNO7. The number of fused-ring (bicyclic) bond motifs is 1. The van der Waals surface area contributed by atoms with E-state index in [0.29, 0.717) is 23.5 Å². The standard InChI is InChI=1S/C19H26BNO7/c1-11(26-10-27-18(23)19(3,4)5)16-14(25-6)8-7-13-9-15(21-12(2)22)20(24)28-17(13)16/h7-8,15,24H,1,9-10H2,2-6H3,(H,21,22). The molecule has 0 radical (unpaired) electrons. The van der Waals surface area contributed by atoms with Crippen LogP contribution in [0.5, 0.6) is 11.5 Å². The molecule has 1 aromatic carbocycles. The van der Waals surface area contributed by atoms with E-state index in [1.54, 1.807) is 32.9 Å². The SMILES string of the molecule is C=C(OCOC(=O)C(C)(C)C)c1c(OC)ccc2c1OB(O)C(NC(C)=O)C2. The van der Waals surface area contributed by atoms with Gasteiger partial charge in [-0.1, -0.05) is 12.6 Å². The molecule has 152 valence electrons. The highest BCUT2D eigenvalue weighted by atomic mass is 16.7. The van der Waals surface area contributed by atoms with Gasteiger partial charge in [0.15, 0.2) is 0 Å². The predicted molar refractivity (Wildman–Crippen MR) is 103 cm³/mol. The number of hydrogen-bond donors (Lipinski definition) is 2. The van der Waals surface area contributed by atoms with E-state index in [-0.39, 0.29) is 18.5 Å². The van der Waals surface area contributed by atoms with E-state index in [0.717, 1.165) is 5.56 Å². The van der Waals surface area contributed by atoms with Crippen molar-refractivity contribution in [2.75, 3.05) is 13.9 Å². The van der Waals surface area contributed by atoms with E-state index in [9.17, 15) is 14.6 Å². The Morgan fingerprint density at radius 1 is 1.36 bits per heavy atom. The monoisotopic (exact) mass is 391 g/mol. The molecule has 28 heavy (non-hydrogen) atoms. The second-order valence-electron chi connectivity index (χ2n) is 7.52. The molecule has 0 aromatic heterocycles. The first kappa shape index (κ1) is 21.6. The lowest BCUT2D eigenvalue weighted by Crippen LogP contribution is -2.52. The fraction of sp³-hybridized carbons (Fsp3) is 0.474. The summed E-state index contributed by atoms with van der Waals surface area (Å²) in [4.78, 5) is 23.2. The Bertz CT molecular complexity index is 772. The summed E-state index contributed by atoms with van der Waals surface area (Å²) in [5, 5.41) is 12.9. The van der Waals surface area contributed by atoms with E-state index in [1.807, 2.05) is 0 Å². The minimum atomic E-state index is -1.24. The average Bonchev–Trinajstić information content (AvgIpc) is 2.60. The highest BCUT2D eigenvalue weighted by molar-refractivity contribution is 6.46. The highest BCUT2D eigenvalue weighted by Gasteiger charge is 2.38. The van der Waals surface area contributed by atoms with Gasteiger partial charge in [-0.25, -0.2) is 0 Å². The normalized spacial score (nSPS) is 15.8. The third-order valence-corrected chi connectivity index (χ3v) is 4.15. The summed E-state index contributed by atoms with van der Waals surface area (Å²) in [6.45, 7) is 10.1. The molecule has 2 rings (SSSR count). The van der Waals surface area contributed by atoms with E-state index in [2.05, 4.69) is 11.9 Å². The van der Waals surface area contributed by atoms with Crippen LogP contribution in [-0.4, -0.2) is 43.9 Å². The largest absolute Gasteiger partial charge is 0.547 e. The van der Waals surface area contributed by atoms with Gasteiger partial charge in [0.05, 0.1) is 24.0 Å². The second-order valence-corrected chi connectivity index (χ2v) is 7.52. The van der Waals surface area contributed by atoms with Crippen molar-refractivity contribution in [3.63, 3.8) is 0 Å². The lowest BCUT2D eigenvalue weighted by atomic mass is 9.72. The number of ether oxygens (including phenoxy) is 3. The number of carbonyl (C=O) groups is 2. The van der Waals surface area contributed by atoms with E-state index in [4.69, 9.17) is 18.9 Å². The van der Waals surface area contributed by atoms with Gasteiger partial charge in [-0.2, -0.15) is 0 Å². The summed E-state index contributed by atoms with van der Waals surface area (Å²) < 4.78 is 21.6. The molecule has 9 heteroatoms. The van der Waals surface area contributed by atoms with Crippen molar-refractivity contribution in [2.45, 2.75) is 40.1 Å². The highest BCUT2D eigenvalue weighted by Crippen LogP contribution is 2.40. The molecule has 0 fully saturated rings. The first-order chi connectivity index (χ1) is 13.0. The lowest BCUT2D eigenvalue weighted by Gasteiger charge is -2.30. The Labute approximate surface area is 164 Å². The maximum atomic E-state index is 11.9. The zero-order valence-electron chi connectivity index (χ0n) is 16.8. The molecule has 0 aliphatic carbocycles. The van der Waals surface area contributed by atoms with Gasteiger partial charge >= 0.3 is 13.1 Å². The third-order valence-electron chi connectivity index (χ3n) is 4.15. The quantitative estimate of drug-likeness (QED) is 0.329. The van der Waals surface area contributed by atoms with Crippen LogP contribution in [0.2, 0.25) is 0 Å². The molecular weight excluding hydrogens is 365 g/mol. The summed E-state index contributed by atoms with van der Waals surface area (Å²) in [6.07, 6.45) is 0.360. The van der Waals surface area contributed by atoms with Gasteiger partial charge < -0.3 is 29.2 Å². The number of methoxy groups -OCH3 is 1. The van der Waals surface area contributed by atoms with Gasteiger partial charge in [0.1, 0.15) is 17.3 Å². The van der Waals surface area contributed by atoms with Gasteiger partial charge in [0.25, 0.3) is 0 Å². The molecule has 0 bridgehead atoms. The van der Waals surface area contributed by atoms with Crippen LogP contribution in [0.3, 0.4) is 0 Å². The fourth-order valence-electron chi connectivity index (χ4n) is 2.70. The van der Waals surface area contributed by atoms with Crippen LogP contribution >= 0.6 is 0 Å². The first-order valence-electron chi connectivity index (χ1n) is 8.85. The van der Waals surface area contributed by atoms with Crippen molar-refractivity contribution in [2.24, 2.45) is 5.41 Å². The van der Waals surface area contributed by atoms with Crippen LogP contribution in [0.15, 0.2) is 18.7 Å². The smallest absolute Gasteiger partial charge is 0.534 e. The molecule has 8 nitrogen and oxygen atoms in total. The molecule has 1 aliphatic rings. The molecule has 1 aliphatic heterocycles. The lowest BCUT2D eigenvalue weighted by molar-refractivity contribution is -0.161. The number of rotatable bonds is 6. The van der Waals surface area contributed by atoms with Gasteiger partial charge in [-0.3, -0.25) is 9.59 Å². The molecule has 1 unspecified atom stereocenters. The minimum absolute atomic E-state index is 0.167. The van der Waals surface area contributed by atoms with E-state index >= 15 is 0 Å². The number of carbonyl (C=O) groups excluding carboxylic acids is 2. The van der Waals surface area contributed by atoms with Crippen molar-refractivity contribution >= 4 is 24.8 Å². The molecule has 0 spiro atoms. The Hall–Kier alpha value is -2.68. The van der Waals surface area contributed by atoms with Crippen molar-refractivity contribution in [1.29, 1.82) is 0 Å². The topological polar surface area (TPSA) is 103 Å². The number of esters is 1. The number of amides is 1. The molecule has 0 saturated carbocycles. The molecule has 1 atom stereocenters. The number of nitrogens with one attached hydrogen (secondary N) is 1. The summed E-state index contributed by atoms with van der Waals surface area (Å²) in [6, 6.07) is 3.50. The Kier molecular flexibility index (Phi) is 6.61. The molecule has 1 aromatic rings. The van der Waals surface area contributed by atoms with Crippen LogP contribution in [-0.2, 0) is 25.5 Å². The van der Waals surface area contributed by atoms with Crippen LogP contribution in [0, 0.1) is 5.41 Å². The zero-order chi connectivity index (χ0) is 21.1. The molecule has 1 heterocycles. The summed E-state index contributed by atoms with van der Waals surface area (Å²) in [5.41, 5.74) is 0.503. The summed E-state index contributed by atoms with van der Waals surface area (Å²) >= 11 is 0.